The highest BCUT2D eigenvalue weighted by molar-refractivity contribution is 5.25. The molecular weight excluding hydrogens is 254 g/mol. The fourth-order valence-corrected chi connectivity index (χ4v) is 3.49. The van der Waals surface area contributed by atoms with Crippen LogP contribution in [0.5, 0.6) is 0 Å². The van der Waals surface area contributed by atoms with Gasteiger partial charge in [0.2, 0.25) is 0 Å². The van der Waals surface area contributed by atoms with Gasteiger partial charge in [0.1, 0.15) is 0 Å². The van der Waals surface area contributed by atoms with Gasteiger partial charge in [0.15, 0.2) is 0 Å². The molecule has 1 fully saturated rings. The van der Waals surface area contributed by atoms with E-state index in [0.717, 1.165) is 12.0 Å². The molecule has 21 heavy (non-hydrogen) atoms. The molecule has 118 valence electrons. The lowest BCUT2D eigenvalue weighted by atomic mass is 9.95. The van der Waals surface area contributed by atoms with E-state index in [2.05, 4.69) is 50.4 Å². The van der Waals surface area contributed by atoms with Crippen LogP contribution in [-0.4, -0.2) is 6.04 Å². The topological polar surface area (TPSA) is 12.0 Å². The van der Waals surface area contributed by atoms with Crippen LogP contribution in [0, 0.1) is 5.92 Å². The molecule has 0 aromatic heterocycles. The first-order valence-electron chi connectivity index (χ1n) is 9.00. The molecule has 0 saturated heterocycles. The van der Waals surface area contributed by atoms with Crippen LogP contribution in [-0.2, 0) is 6.42 Å². The van der Waals surface area contributed by atoms with E-state index in [1.165, 1.54) is 62.5 Å². The number of nitrogens with one attached hydrogen (secondary N) is 1. The standard InChI is InChI=1S/C20H33N/c1-16(2)15-18-11-13-19(14-12-18)17(3)21-20-9-7-5-4-6-8-10-20/h11-14,16-17,20-21H,4-10,15H2,1-3H3. The molecule has 0 heterocycles. The van der Waals surface area contributed by atoms with Gasteiger partial charge in [0.25, 0.3) is 0 Å². The Hall–Kier alpha value is -0.820. The summed E-state index contributed by atoms with van der Waals surface area (Å²) >= 11 is 0. The van der Waals surface area contributed by atoms with Crippen LogP contribution in [0.1, 0.15) is 82.9 Å². The zero-order chi connectivity index (χ0) is 15.1. The Morgan fingerprint density at radius 1 is 0.905 bits per heavy atom. The van der Waals surface area contributed by atoms with Gasteiger partial charge >= 0.3 is 0 Å². The maximum absolute atomic E-state index is 3.86. The van der Waals surface area contributed by atoms with Crippen molar-refractivity contribution in [2.45, 2.75) is 84.2 Å². The van der Waals surface area contributed by atoms with E-state index in [4.69, 9.17) is 0 Å². The lowest BCUT2D eigenvalue weighted by Gasteiger charge is -2.25. The molecule has 1 heteroatoms. The normalized spacial score (nSPS) is 19.2. The van der Waals surface area contributed by atoms with Crippen LogP contribution in [0.3, 0.4) is 0 Å². The number of hydrogen-bond acceptors (Lipinski definition) is 1. The van der Waals surface area contributed by atoms with Crippen LogP contribution >= 0.6 is 0 Å². The van der Waals surface area contributed by atoms with Crippen molar-refractivity contribution < 1.29 is 0 Å². The van der Waals surface area contributed by atoms with E-state index >= 15 is 0 Å². The average Bonchev–Trinajstić information content (AvgIpc) is 2.41. The molecule has 0 spiro atoms. The third-order valence-electron chi connectivity index (χ3n) is 4.71. The third-order valence-corrected chi connectivity index (χ3v) is 4.71. The summed E-state index contributed by atoms with van der Waals surface area (Å²) in [7, 11) is 0. The van der Waals surface area contributed by atoms with Gasteiger partial charge in [-0.25, -0.2) is 0 Å². The zero-order valence-corrected chi connectivity index (χ0v) is 14.2. The van der Waals surface area contributed by atoms with Gasteiger partial charge in [-0.2, -0.15) is 0 Å². The average molecular weight is 287 g/mol. The molecule has 1 aliphatic rings. The van der Waals surface area contributed by atoms with Crippen LogP contribution in [0.2, 0.25) is 0 Å². The van der Waals surface area contributed by atoms with Crippen LogP contribution in [0.25, 0.3) is 0 Å². The Kier molecular flexibility index (Phi) is 6.76. The van der Waals surface area contributed by atoms with Crippen molar-refractivity contribution in [1.29, 1.82) is 0 Å². The largest absolute Gasteiger partial charge is 0.307 e. The van der Waals surface area contributed by atoms with Crippen molar-refractivity contribution in [1.82, 2.24) is 5.32 Å². The Bertz CT molecular complexity index is 385. The molecule has 1 aromatic carbocycles. The summed E-state index contributed by atoms with van der Waals surface area (Å²) in [6.07, 6.45) is 11.0. The monoisotopic (exact) mass is 287 g/mol. The van der Waals surface area contributed by atoms with Crippen molar-refractivity contribution in [3.63, 3.8) is 0 Å². The highest BCUT2D eigenvalue weighted by Gasteiger charge is 2.14. The van der Waals surface area contributed by atoms with E-state index < -0.39 is 0 Å². The van der Waals surface area contributed by atoms with Gasteiger partial charge in [-0.3, -0.25) is 0 Å². The molecule has 0 aliphatic heterocycles. The highest BCUT2D eigenvalue weighted by atomic mass is 14.9. The van der Waals surface area contributed by atoms with Gasteiger partial charge < -0.3 is 5.32 Å². The Morgan fingerprint density at radius 3 is 2.05 bits per heavy atom. The molecule has 1 N–H and O–H groups in total. The summed E-state index contributed by atoms with van der Waals surface area (Å²) < 4.78 is 0. The van der Waals surface area contributed by atoms with E-state index in [-0.39, 0.29) is 0 Å². The first kappa shape index (κ1) is 16.5. The molecule has 1 saturated carbocycles. The van der Waals surface area contributed by atoms with Gasteiger partial charge in [-0.05, 0) is 43.2 Å². The zero-order valence-electron chi connectivity index (χ0n) is 14.2. The van der Waals surface area contributed by atoms with Crippen LogP contribution < -0.4 is 5.32 Å². The Balaban J connectivity index is 1.87. The van der Waals surface area contributed by atoms with Gasteiger partial charge in [-0.15, -0.1) is 0 Å². The predicted octanol–water partition coefficient (Wildman–Crippen LogP) is 5.65. The van der Waals surface area contributed by atoms with E-state index in [1.807, 2.05) is 0 Å². The second-order valence-corrected chi connectivity index (χ2v) is 7.27. The maximum Gasteiger partial charge on any atom is 0.0294 e. The molecule has 0 radical (unpaired) electrons. The fraction of sp³-hybridized carbons (Fsp3) is 0.700. The van der Waals surface area contributed by atoms with Gasteiger partial charge in [0, 0.05) is 12.1 Å². The minimum atomic E-state index is 0.475. The fourth-order valence-electron chi connectivity index (χ4n) is 3.49. The van der Waals surface area contributed by atoms with Crippen molar-refractivity contribution in [3.05, 3.63) is 35.4 Å². The molecule has 0 amide bonds. The first-order valence-corrected chi connectivity index (χ1v) is 9.00. The third kappa shape index (κ3) is 5.82. The van der Waals surface area contributed by atoms with Crippen LogP contribution in [0.15, 0.2) is 24.3 Å². The number of benzene rings is 1. The van der Waals surface area contributed by atoms with E-state index in [0.29, 0.717) is 6.04 Å². The minimum Gasteiger partial charge on any atom is -0.307 e. The van der Waals surface area contributed by atoms with Crippen LogP contribution in [0.4, 0.5) is 0 Å². The SMILES string of the molecule is CC(C)Cc1ccc(C(C)NC2CCCCCCC2)cc1. The van der Waals surface area contributed by atoms with Gasteiger partial charge in [0.05, 0.1) is 0 Å². The molecular formula is C20H33N. The Morgan fingerprint density at radius 2 is 1.48 bits per heavy atom. The second kappa shape index (κ2) is 8.58. The molecule has 2 rings (SSSR count). The smallest absolute Gasteiger partial charge is 0.0294 e. The summed E-state index contributed by atoms with van der Waals surface area (Å²) in [6, 6.07) is 10.5. The molecule has 1 atom stereocenters. The summed E-state index contributed by atoms with van der Waals surface area (Å²) in [5, 5.41) is 3.86. The highest BCUT2D eigenvalue weighted by Crippen LogP contribution is 2.21. The van der Waals surface area contributed by atoms with Gasteiger partial charge in [-0.1, -0.05) is 70.2 Å². The lowest BCUT2D eigenvalue weighted by Crippen LogP contribution is -2.32. The van der Waals surface area contributed by atoms with E-state index in [1.54, 1.807) is 0 Å². The van der Waals surface area contributed by atoms with Crippen molar-refractivity contribution >= 4 is 0 Å². The molecule has 1 aliphatic carbocycles. The maximum atomic E-state index is 3.86. The number of hydrogen-bond donors (Lipinski definition) is 1. The quantitative estimate of drug-likeness (QED) is 0.738. The van der Waals surface area contributed by atoms with Crippen molar-refractivity contribution in [2.75, 3.05) is 0 Å². The molecule has 0 bridgehead atoms. The second-order valence-electron chi connectivity index (χ2n) is 7.27. The minimum absolute atomic E-state index is 0.475. The lowest BCUT2D eigenvalue weighted by molar-refractivity contribution is 0.362. The van der Waals surface area contributed by atoms with Crippen molar-refractivity contribution in [3.8, 4) is 0 Å². The van der Waals surface area contributed by atoms with E-state index in [9.17, 15) is 0 Å². The predicted molar refractivity (Wildman–Crippen MR) is 92.6 cm³/mol. The molecule has 1 unspecified atom stereocenters. The Labute approximate surface area is 131 Å². The summed E-state index contributed by atoms with van der Waals surface area (Å²) in [4.78, 5) is 0. The molecule has 1 nitrogen and oxygen atoms in total. The summed E-state index contributed by atoms with van der Waals surface area (Å²) in [5.41, 5.74) is 2.90. The van der Waals surface area contributed by atoms with Crippen molar-refractivity contribution in [2.24, 2.45) is 5.92 Å². The summed E-state index contributed by atoms with van der Waals surface area (Å²) in [6.45, 7) is 6.88. The first-order chi connectivity index (χ1) is 10.1. The molecule has 1 aromatic rings. The summed E-state index contributed by atoms with van der Waals surface area (Å²) in [5.74, 6) is 0.737. The number of rotatable bonds is 5.